The number of likely N-dealkylation sites (tertiary alicyclic amines) is 1. The molecule has 1 amide bonds. The van der Waals surface area contributed by atoms with Gasteiger partial charge in [-0.1, -0.05) is 6.07 Å². The average molecular weight is 299 g/mol. The van der Waals surface area contributed by atoms with E-state index < -0.39 is 0 Å². The van der Waals surface area contributed by atoms with E-state index in [2.05, 4.69) is 10.3 Å². The molecule has 0 radical (unpaired) electrons. The Kier molecular flexibility index (Phi) is 4.42. The van der Waals surface area contributed by atoms with Crippen LogP contribution >= 0.6 is 0 Å². The summed E-state index contributed by atoms with van der Waals surface area (Å²) in [5.41, 5.74) is 1.69. The molecule has 116 valence electrons. The quantitative estimate of drug-likeness (QED) is 0.943. The number of aromatic nitrogens is 1. The lowest BCUT2D eigenvalue weighted by molar-refractivity contribution is -0.130. The van der Waals surface area contributed by atoms with Crippen LogP contribution < -0.4 is 10.1 Å². The summed E-state index contributed by atoms with van der Waals surface area (Å²) in [6, 6.07) is 7.71. The van der Waals surface area contributed by atoms with Crippen molar-refractivity contribution >= 4 is 22.5 Å². The molecule has 1 N–H and O–H groups in total. The maximum Gasteiger partial charge on any atom is 0.241 e. The Balaban J connectivity index is 1.76. The number of methoxy groups -OCH3 is 1. The average Bonchev–Trinajstić information content (AvgIpc) is 2.59. The summed E-state index contributed by atoms with van der Waals surface area (Å²) >= 11 is 0. The largest absolute Gasteiger partial charge is 0.497 e. The number of ether oxygens (including phenoxy) is 1. The van der Waals surface area contributed by atoms with Gasteiger partial charge in [0.1, 0.15) is 5.75 Å². The second-order valence-electron chi connectivity index (χ2n) is 5.55. The third-order valence-electron chi connectivity index (χ3n) is 4.05. The van der Waals surface area contributed by atoms with Crippen LogP contribution in [0.2, 0.25) is 0 Å². The molecule has 1 aromatic carbocycles. The number of amides is 1. The number of fused-ring (bicyclic) bond motifs is 1. The van der Waals surface area contributed by atoms with E-state index >= 15 is 0 Å². The van der Waals surface area contributed by atoms with Crippen LogP contribution in [-0.2, 0) is 4.79 Å². The van der Waals surface area contributed by atoms with Crippen LogP contribution in [-0.4, -0.2) is 42.5 Å². The highest BCUT2D eigenvalue weighted by molar-refractivity contribution is 5.93. The number of pyridine rings is 1. The van der Waals surface area contributed by atoms with Crippen molar-refractivity contribution in [1.82, 2.24) is 9.88 Å². The van der Waals surface area contributed by atoms with E-state index in [1.807, 2.05) is 29.2 Å². The molecule has 1 aliphatic rings. The molecule has 2 heterocycles. The van der Waals surface area contributed by atoms with Crippen molar-refractivity contribution in [2.75, 3.05) is 32.1 Å². The molecule has 0 spiro atoms. The second kappa shape index (κ2) is 6.64. The highest BCUT2D eigenvalue weighted by Gasteiger charge is 2.16. The lowest BCUT2D eigenvalue weighted by Gasteiger charge is -2.27. The summed E-state index contributed by atoms with van der Waals surface area (Å²) in [4.78, 5) is 18.6. The first-order valence-corrected chi connectivity index (χ1v) is 7.72. The molecule has 22 heavy (non-hydrogen) atoms. The van der Waals surface area contributed by atoms with Crippen LogP contribution in [0.25, 0.3) is 10.9 Å². The number of hydrogen-bond donors (Lipinski definition) is 1. The molecule has 0 unspecified atom stereocenters. The molecule has 0 bridgehead atoms. The molecule has 5 heteroatoms. The van der Waals surface area contributed by atoms with E-state index in [1.165, 1.54) is 6.42 Å². The fraction of sp³-hybridized carbons (Fsp3) is 0.412. The van der Waals surface area contributed by atoms with Crippen molar-refractivity contribution in [2.45, 2.75) is 19.3 Å². The zero-order chi connectivity index (χ0) is 15.4. The van der Waals surface area contributed by atoms with Crippen molar-refractivity contribution in [3.63, 3.8) is 0 Å². The van der Waals surface area contributed by atoms with E-state index in [1.54, 1.807) is 13.3 Å². The third-order valence-corrected chi connectivity index (χ3v) is 4.05. The SMILES string of the molecule is COc1cc(NCC(=O)N2CCCCC2)c2ncccc2c1. The smallest absolute Gasteiger partial charge is 0.241 e. The zero-order valence-corrected chi connectivity index (χ0v) is 12.8. The summed E-state index contributed by atoms with van der Waals surface area (Å²) < 4.78 is 5.32. The molecule has 0 aliphatic carbocycles. The lowest BCUT2D eigenvalue weighted by atomic mass is 10.1. The highest BCUT2D eigenvalue weighted by Crippen LogP contribution is 2.27. The van der Waals surface area contributed by atoms with Crippen LogP contribution in [0.3, 0.4) is 0 Å². The van der Waals surface area contributed by atoms with Gasteiger partial charge in [-0.05, 0) is 31.4 Å². The Labute approximate surface area is 130 Å². The van der Waals surface area contributed by atoms with E-state index in [-0.39, 0.29) is 5.91 Å². The van der Waals surface area contributed by atoms with Crippen molar-refractivity contribution in [2.24, 2.45) is 0 Å². The molecule has 1 fully saturated rings. The summed E-state index contributed by atoms with van der Waals surface area (Å²) in [5, 5.41) is 4.22. The summed E-state index contributed by atoms with van der Waals surface area (Å²) in [7, 11) is 1.64. The van der Waals surface area contributed by atoms with Gasteiger partial charge in [-0.3, -0.25) is 9.78 Å². The predicted molar refractivity (Wildman–Crippen MR) is 87.2 cm³/mol. The Morgan fingerprint density at radius 3 is 2.91 bits per heavy atom. The standard InChI is InChI=1S/C17H21N3O2/c1-22-14-10-13-6-5-7-18-17(13)15(11-14)19-12-16(21)20-8-3-2-4-9-20/h5-7,10-11,19H,2-4,8-9,12H2,1H3. The van der Waals surface area contributed by atoms with Gasteiger partial charge < -0.3 is 15.0 Å². The zero-order valence-electron chi connectivity index (χ0n) is 12.8. The first-order valence-electron chi connectivity index (χ1n) is 7.72. The molecule has 1 aromatic heterocycles. The lowest BCUT2D eigenvalue weighted by Crippen LogP contribution is -2.39. The van der Waals surface area contributed by atoms with Crippen LogP contribution in [0.4, 0.5) is 5.69 Å². The molecule has 0 atom stereocenters. The minimum Gasteiger partial charge on any atom is -0.497 e. The fourth-order valence-electron chi connectivity index (χ4n) is 2.84. The van der Waals surface area contributed by atoms with Gasteiger partial charge in [0, 0.05) is 30.7 Å². The maximum atomic E-state index is 12.3. The normalized spacial score (nSPS) is 14.9. The summed E-state index contributed by atoms with van der Waals surface area (Å²) in [6.45, 7) is 2.04. The number of nitrogens with one attached hydrogen (secondary N) is 1. The fourth-order valence-corrected chi connectivity index (χ4v) is 2.84. The number of carbonyl (C=O) groups is 1. The van der Waals surface area contributed by atoms with E-state index in [0.717, 1.165) is 48.3 Å². The first kappa shape index (κ1) is 14.6. The second-order valence-corrected chi connectivity index (χ2v) is 5.55. The van der Waals surface area contributed by atoms with Gasteiger partial charge in [0.2, 0.25) is 5.91 Å². The van der Waals surface area contributed by atoms with Crippen LogP contribution in [0.1, 0.15) is 19.3 Å². The molecular formula is C17H21N3O2. The topological polar surface area (TPSA) is 54.5 Å². The number of anilines is 1. The number of piperidine rings is 1. The number of hydrogen-bond acceptors (Lipinski definition) is 4. The van der Waals surface area contributed by atoms with Crippen LogP contribution in [0.15, 0.2) is 30.5 Å². The molecule has 0 saturated carbocycles. The monoisotopic (exact) mass is 299 g/mol. The number of carbonyl (C=O) groups excluding carboxylic acids is 1. The van der Waals surface area contributed by atoms with Crippen molar-refractivity contribution < 1.29 is 9.53 Å². The van der Waals surface area contributed by atoms with Crippen molar-refractivity contribution in [3.05, 3.63) is 30.5 Å². The van der Waals surface area contributed by atoms with Gasteiger partial charge in [-0.2, -0.15) is 0 Å². The Hall–Kier alpha value is -2.30. The highest BCUT2D eigenvalue weighted by atomic mass is 16.5. The van der Waals surface area contributed by atoms with Gasteiger partial charge in [0.25, 0.3) is 0 Å². The molecule has 3 rings (SSSR count). The Bertz CT molecular complexity index is 666. The van der Waals surface area contributed by atoms with Crippen molar-refractivity contribution in [1.29, 1.82) is 0 Å². The molecular weight excluding hydrogens is 278 g/mol. The van der Waals surface area contributed by atoms with E-state index in [9.17, 15) is 4.79 Å². The predicted octanol–water partition coefficient (Wildman–Crippen LogP) is 2.67. The molecule has 5 nitrogen and oxygen atoms in total. The summed E-state index contributed by atoms with van der Waals surface area (Å²) in [5.74, 6) is 0.903. The van der Waals surface area contributed by atoms with E-state index in [0.29, 0.717) is 6.54 Å². The number of rotatable bonds is 4. The number of benzene rings is 1. The molecule has 1 saturated heterocycles. The van der Waals surface area contributed by atoms with E-state index in [4.69, 9.17) is 4.74 Å². The first-order chi connectivity index (χ1) is 10.8. The minimum atomic E-state index is 0.145. The van der Waals surface area contributed by atoms with Gasteiger partial charge in [-0.15, -0.1) is 0 Å². The number of nitrogens with zero attached hydrogens (tertiary/aromatic N) is 2. The Morgan fingerprint density at radius 2 is 2.14 bits per heavy atom. The van der Waals surface area contributed by atoms with Gasteiger partial charge >= 0.3 is 0 Å². The maximum absolute atomic E-state index is 12.3. The van der Waals surface area contributed by atoms with Gasteiger partial charge in [0.05, 0.1) is 24.9 Å². The minimum absolute atomic E-state index is 0.145. The van der Waals surface area contributed by atoms with Gasteiger partial charge in [-0.25, -0.2) is 0 Å². The van der Waals surface area contributed by atoms with Crippen molar-refractivity contribution in [3.8, 4) is 5.75 Å². The third kappa shape index (κ3) is 3.13. The van der Waals surface area contributed by atoms with Crippen LogP contribution in [0, 0.1) is 0 Å². The van der Waals surface area contributed by atoms with Gasteiger partial charge in [0.15, 0.2) is 0 Å². The molecule has 2 aromatic rings. The Morgan fingerprint density at radius 1 is 1.32 bits per heavy atom. The summed E-state index contributed by atoms with van der Waals surface area (Å²) in [6.07, 6.45) is 5.19. The molecule has 1 aliphatic heterocycles. The van der Waals surface area contributed by atoms with Crippen LogP contribution in [0.5, 0.6) is 5.75 Å².